The first-order valence-corrected chi connectivity index (χ1v) is 8.03. The molecule has 0 amide bonds. The standard InChI is InChI=1S/C19H17ClO4/c1-12(21)23-18-11-14-7-3-4-8-15(14)19(18,24-13(2)22)16-9-5-6-10-17(16)20/h3-10,18H,11H2,1-2H3/t18-,19+/m0/s1. The van der Waals surface area contributed by atoms with E-state index in [1.807, 2.05) is 30.3 Å². The van der Waals surface area contributed by atoms with Crippen LogP contribution in [0.3, 0.4) is 0 Å². The molecule has 2 aromatic carbocycles. The SMILES string of the molecule is CC(=O)O[C@H]1Cc2ccccc2[C@@]1(OC(C)=O)c1ccccc1Cl. The van der Waals surface area contributed by atoms with Crippen molar-refractivity contribution in [3.8, 4) is 0 Å². The van der Waals surface area contributed by atoms with Crippen molar-refractivity contribution in [1.29, 1.82) is 0 Å². The summed E-state index contributed by atoms with van der Waals surface area (Å²) in [6.07, 6.45) is -0.218. The van der Waals surface area contributed by atoms with Crippen molar-refractivity contribution in [3.63, 3.8) is 0 Å². The highest BCUT2D eigenvalue weighted by atomic mass is 35.5. The van der Waals surface area contributed by atoms with Crippen LogP contribution in [0, 0.1) is 0 Å². The second-order valence-corrected chi connectivity index (χ2v) is 6.18. The fraction of sp³-hybridized carbons (Fsp3) is 0.263. The van der Waals surface area contributed by atoms with E-state index in [0.717, 1.165) is 11.1 Å². The van der Waals surface area contributed by atoms with Gasteiger partial charge < -0.3 is 9.47 Å². The Balaban J connectivity index is 2.28. The minimum absolute atomic E-state index is 0.434. The summed E-state index contributed by atoms with van der Waals surface area (Å²) in [6, 6.07) is 14.7. The lowest BCUT2D eigenvalue weighted by molar-refractivity contribution is -0.176. The third kappa shape index (κ3) is 2.67. The van der Waals surface area contributed by atoms with Crippen molar-refractivity contribution in [1.82, 2.24) is 0 Å². The van der Waals surface area contributed by atoms with Crippen LogP contribution in [0.2, 0.25) is 5.02 Å². The van der Waals surface area contributed by atoms with Crippen molar-refractivity contribution in [2.75, 3.05) is 0 Å². The molecule has 0 bridgehead atoms. The lowest BCUT2D eigenvalue weighted by Crippen LogP contribution is -2.44. The summed E-state index contributed by atoms with van der Waals surface area (Å²) in [6.45, 7) is 2.68. The van der Waals surface area contributed by atoms with Crippen LogP contribution in [0.5, 0.6) is 0 Å². The summed E-state index contributed by atoms with van der Waals surface area (Å²) in [5.74, 6) is -0.903. The molecular formula is C19H17ClO4. The minimum atomic E-state index is -1.24. The Morgan fingerprint density at radius 3 is 2.25 bits per heavy atom. The molecule has 0 N–H and O–H groups in total. The van der Waals surface area contributed by atoms with Crippen molar-refractivity contribution >= 4 is 23.5 Å². The van der Waals surface area contributed by atoms with E-state index < -0.39 is 23.6 Å². The second kappa shape index (κ2) is 6.29. The van der Waals surface area contributed by atoms with Gasteiger partial charge in [-0.2, -0.15) is 0 Å². The van der Waals surface area contributed by atoms with E-state index in [9.17, 15) is 9.59 Å². The Bertz CT molecular complexity index is 801. The first-order valence-electron chi connectivity index (χ1n) is 7.65. The van der Waals surface area contributed by atoms with Crippen LogP contribution in [-0.4, -0.2) is 18.0 Å². The molecule has 1 aliphatic carbocycles. The smallest absolute Gasteiger partial charge is 0.304 e. The quantitative estimate of drug-likeness (QED) is 0.798. The molecular weight excluding hydrogens is 328 g/mol. The van der Waals surface area contributed by atoms with Gasteiger partial charge in [0.1, 0.15) is 0 Å². The fourth-order valence-electron chi connectivity index (χ4n) is 3.39. The number of hydrogen-bond donors (Lipinski definition) is 0. The van der Waals surface area contributed by atoms with Gasteiger partial charge in [0.25, 0.3) is 0 Å². The Morgan fingerprint density at radius 2 is 1.62 bits per heavy atom. The van der Waals surface area contributed by atoms with E-state index in [-0.39, 0.29) is 0 Å². The third-order valence-corrected chi connectivity index (χ3v) is 4.49. The molecule has 0 aliphatic heterocycles. The Labute approximate surface area is 145 Å². The molecule has 0 heterocycles. The molecule has 2 atom stereocenters. The number of ether oxygens (including phenoxy) is 2. The van der Waals surface area contributed by atoms with E-state index in [1.54, 1.807) is 18.2 Å². The van der Waals surface area contributed by atoms with E-state index in [1.165, 1.54) is 13.8 Å². The van der Waals surface area contributed by atoms with Crippen LogP contribution in [0.15, 0.2) is 48.5 Å². The van der Waals surface area contributed by atoms with Crippen LogP contribution >= 0.6 is 11.6 Å². The summed E-state index contributed by atoms with van der Waals surface area (Å²) >= 11 is 6.41. The first kappa shape index (κ1) is 16.5. The van der Waals surface area contributed by atoms with Crippen molar-refractivity contribution in [2.24, 2.45) is 0 Å². The highest BCUT2D eigenvalue weighted by Gasteiger charge is 2.54. The van der Waals surface area contributed by atoms with Crippen molar-refractivity contribution in [3.05, 3.63) is 70.2 Å². The summed E-state index contributed by atoms with van der Waals surface area (Å²) < 4.78 is 11.4. The lowest BCUT2D eigenvalue weighted by Gasteiger charge is -2.36. The number of rotatable bonds is 3. The predicted molar refractivity (Wildman–Crippen MR) is 89.7 cm³/mol. The van der Waals surface area contributed by atoms with Gasteiger partial charge >= 0.3 is 11.9 Å². The molecule has 0 aromatic heterocycles. The van der Waals surface area contributed by atoms with Crippen LogP contribution in [0.1, 0.15) is 30.5 Å². The van der Waals surface area contributed by atoms with Gasteiger partial charge in [-0.25, -0.2) is 0 Å². The zero-order valence-electron chi connectivity index (χ0n) is 13.4. The van der Waals surface area contributed by atoms with Crippen molar-refractivity contribution in [2.45, 2.75) is 32.0 Å². The Hall–Kier alpha value is -2.33. The van der Waals surface area contributed by atoms with Crippen LogP contribution in [0.4, 0.5) is 0 Å². The van der Waals surface area contributed by atoms with Gasteiger partial charge in [0.2, 0.25) is 5.60 Å². The molecule has 0 fully saturated rings. The van der Waals surface area contributed by atoms with Crippen LogP contribution in [0.25, 0.3) is 0 Å². The largest absolute Gasteiger partial charge is 0.457 e. The number of halogens is 1. The van der Waals surface area contributed by atoms with Gasteiger partial charge in [-0.1, -0.05) is 54.1 Å². The predicted octanol–water partition coefficient (Wildman–Crippen LogP) is 3.63. The fourth-order valence-corrected chi connectivity index (χ4v) is 3.66. The average molecular weight is 345 g/mol. The second-order valence-electron chi connectivity index (χ2n) is 5.77. The van der Waals surface area contributed by atoms with Gasteiger partial charge in [0.15, 0.2) is 6.10 Å². The van der Waals surface area contributed by atoms with Gasteiger partial charge in [-0.05, 0) is 11.6 Å². The maximum atomic E-state index is 11.9. The van der Waals surface area contributed by atoms with Gasteiger partial charge in [0.05, 0.1) is 0 Å². The molecule has 3 rings (SSSR count). The maximum Gasteiger partial charge on any atom is 0.304 e. The van der Waals surface area contributed by atoms with E-state index in [0.29, 0.717) is 17.0 Å². The number of carbonyl (C=O) groups excluding carboxylic acids is 2. The van der Waals surface area contributed by atoms with Crippen molar-refractivity contribution < 1.29 is 19.1 Å². The van der Waals surface area contributed by atoms with Gasteiger partial charge in [-0.15, -0.1) is 0 Å². The summed E-state index contributed by atoms with van der Waals surface area (Å²) in [7, 11) is 0. The van der Waals surface area contributed by atoms with E-state index in [4.69, 9.17) is 21.1 Å². The maximum absolute atomic E-state index is 11.9. The lowest BCUT2D eigenvalue weighted by atomic mass is 9.85. The van der Waals surface area contributed by atoms with Gasteiger partial charge in [-0.3, -0.25) is 9.59 Å². The third-order valence-electron chi connectivity index (χ3n) is 4.16. The summed E-state index contributed by atoms with van der Waals surface area (Å²) in [5, 5.41) is 0.451. The Morgan fingerprint density at radius 1 is 1.00 bits per heavy atom. The molecule has 24 heavy (non-hydrogen) atoms. The number of esters is 2. The minimum Gasteiger partial charge on any atom is -0.457 e. The number of carbonyl (C=O) groups is 2. The molecule has 0 spiro atoms. The topological polar surface area (TPSA) is 52.6 Å². The highest BCUT2D eigenvalue weighted by molar-refractivity contribution is 6.31. The van der Waals surface area contributed by atoms with E-state index >= 15 is 0 Å². The molecule has 0 saturated carbocycles. The normalized spacial score (nSPS) is 21.9. The first-order chi connectivity index (χ1) is 11.4. The van der Waals surface area contributed by atoms with Gasteiger partial charge in [0, 0.05) is 36.4 Å². The average Bonchev–Trinajstić information content (AvgIpc) is 2.81. The molecule has 2 aromatic rings. The molecule has 0 saturated heterocycles. The summed E-state index contributed by atoms with van der Waals surface area (Å²) in [4.78, 5) is 23.6. The molecule has 1 aliphatic rings. The zero-order valence-corrected chi connectivity index (χ0v) is 14.2. The molecule has 4 nitrogen and oxygen atoms in total. The van der Waals surface area contributed by atoms with Crippen LogP contribution < -0.4 is 0 Å². The monoisotopic (exact) mass is 344 g/mol. The van der Waals surface area contributed by atoms with E-state index in [2.05, 4.69) is 0 Å². The molecule has 124 valence electrons. The number of benzene rings is 2. The van der Waals surface area contributed by atoms with Crippen LogP contribution in [-0.2, 0) is 31.1 Å². The molecule has 5 heteroatoms. The summed E-state index contributed by atoms with van der Waals surface area (Å²) in [5.41, 5.74) is 1.12. The molecule has 0 unspecified atom stereocenters. The highest BCUT2D eigenvalue weighted by Crippen LogP contribution is 2.48. The number of fused-ring (bicyclic) bond motifs is 1. The Kier molecular flexibility index (Phi) is 4.33. The zero-order chi connectivity index (χ0) is 17.3. The molecule has 0 radical (unpaired) electrons. The number of hydrogen-bond acceptors (Lipinski definition) is 4.